The third-order valence-corrected chi connectivity index (χ3v) is 7.02. The lowest BCUT2D eigenvalue weighted by molar-refractivity contribution is -0.141. The molecule has 1 aromatic carbocycles. The Morgan fingerprint density at radius 2 is 1.79 bits per heavy atom. The predicted octanol–water partition coefficient (Wildman–Crippen LogP) is 2.01. The monoisotopic (exact) mass is 524 g/mol. The molecule has 38 heavy (non-hydrogen) atoms. The van der Waals surface area contributed by atoms with Crippen molar-refractivity contribution in [2.75, 3.05) is 84.1 Å². The standard InChI is InChI=1S/C28H40N6O4/c1-22(2)19-27(35)34(10-9-31-15-17-38-18-16-31)21-28(36)33-13-11-32(12-14-33)26-8-7-25(29-30-26)23-5-4-6-24(20-23)37-3/h4-8,20,22H,9-19,21H2,1-3H3. The Hall–Kier alpha value is -3.24. The number of nitrogens with zero attached hydrogens (tertiary/aromatic N) is 6. The number of ether oxygens (including phenoxy) is 2. The first-order valence-corrected chi connectivity index (χ1v) is 13.5. The molecule has 10 heteroatoms. The fraction of sp³-hybridized carbons (Fsp3) is 0.571. The van der Waals surface area contributed by atoms with Crippen molar-refractivity contribution in [3.63, 3.8) is 0 Å². The zero-order valence-corrected chi connectivity index (χ0v) is 22.8. The van der Waals surface area contributed by atoms with Gasteiger partial charge in [-0.25, -0.2) is 0 Å². The van der Waals surface area contributed by atoms with Crippen LogP contribution < -0.4 is 9.64 Å². The molecule has 2 aliphatic rings. The quantitative estimate of drug-likeness (QED) is 0.466. The molecule has 0 saturated carbocycles. The van der Waals surface area contributed by atoms with Gasteiger partial charge in [-0.1, -0.05) is 26.0 Å². The summed E-state index contributed by atoms with van der Waals surface area (Å²) in [7, 11) is 1.64. The lowest BCUT2D eigenvalue weighted by atomic mass is 10.1. The van der Waals surface area contributed by atoms with Crippen molar-refractivity contribution < 1.29 is 19.1 Å². The topological polar surface area (TPSA) is 91.3 Å². The fourth-order valence-corrected chi connectivity index (χ4v) is 4.74. The number of piperazine rings is 1. The summed E-state index contributed by atoms with van der Waals surface area (Å²) in [6, 6.07) is 11.7. The zero-order chi connectivity index (χ0) is 26.9. The highest BCUT2D eigenvalue weighted by molar-refractivity contribution is 5.85. The SMILES string of the molecule is COc1cccc(-c2ccc(N3CCN(C(=O)CN(CCN4CCOCC4)C(=O)CC(C)C)CC3)nn2)c1. The fourth-order valence-electron chi connectivity index (χ4n) is 4.74. The van der Waals surface area contributed by atoms with Crippen LogP contribution in [-0.2, 0) is 14.3 Å². The van der Waals surface area contributed by atoms with E-state index in [0.717, 1.165) is 55.7 Å². The molecule has 0 spiro atoms. The Balaban J connectivity index is 1.30. The third kappa shape index (κ3) is 7.64. The molecule has 0 unspecified atom stereocenters. The maximum Gasteiger partial charge on any atom is 0.242 e. The van der Waals surface area contributed by atoms with E-state index in [4.69, 9.17) is 9.47 Å². The van der Waals surface area contributed by atoms with Gasteiger partial charge in [0.25, 0.3) is 0 Å². The summed E-state index contributed by atoms with van der Waals surface area (Å²) in [5.41, 5.74) is 1.73. The number of amides is 2. The van der Waals surface area contributed by atoms with Gasteiger partial charge in [0.1, 0.15) is 5.75 Å². The minimum atomic E-state index is 0.00295. The van der Waals surface area contributed by atoms with Gasteiger partial charge in [0.15, 0.2) is 5.82 Å². The molecule has 4 rings (SSSR count). The van der Waals surface area contributed by atoms with Crippen molar-refractivity contribution in [1.82, 2.24) is 24.9 Å². The summed E-state index contributed by atoms with van der Waals surface area (Å²) in [6.45, 7) is 11.2. The summed E-state index contributed by atoms with van der Waals surface area (Å²) in [4.78, 5) is 34.2. The van der Waals surface area contributed by atoms with E-state index in [1.165, 1.54) is 0 Å². The Kier molecular flexibility index (Phi) is 9.89. The first kappa shape index (κ1) is 27.8. The molecule has 2 saturated heterocycles. The average molecular weight is 525 g/mol. The van der Waals surface area contributed by atoms with Crippen LogP contribution in [0.1, 0.15) is 20.3 Å². The summed E-state index contributed by atoms with van der Waals surface area (Å²) in [5, 5.41) is 8.85. The van der Waals surface area contributed by atoms with E-state index in [1.807, 2.05) is 55.1 Å². The van der Waals surface area contributed by atoms with Crippen LogP contribution >= 0.6 is 0 Å². The normalized spacial score (nSPS) is 16.5. The Morgan fingerprint density at radius 1 is 1.03 bits per heavy atom. The van der Waals surface area contributed by atoms with Gasteiger partial charge in [-0.3, -0.25) is 14.5 Å². The number of methoxy groups -OCH3 is 1. The van der Waals surface area contributed by atoms with Crippen LogP contribution in [0.3, 0.4) is 0 Å². The van der Waals surface area contributed by atoms with Crippen molar-refractivity contribution in [2.45, 2.75) is 20.3 Å². The van der Waals surface area contributed by atoms with Gasteiger partial charge < -0.3 is 24.2 Å². The molecule has 2 aliphatic heterocycles. The average Bonchev–Trinajstić information content (AvgIpc) is 2.95. The van der Waals surface area contributed by atoms with Crippen LogP contribution in [0.25, 0.3) is 11.3 Å². The summed E-state index contributed by atoms with van der Waals surface area (Å²) in [6.07, 6.45) is 0.453. The van der Waals surface area contributed by atoms with Gasteiger partial charge in [-0.15, -0.1) is 10.2 Å². The first-order chi connectivity index (χ1) is 18.4. The molecule has 0 atom stereocenters. The third-order valence-electron chi connectivity index (χ3n) is 7.02. The van der Waals surface area contributed by atoms with Crippen LogP contribution in [0.5, 0.6) is 5.75 Å². The van der Waals surface area contributed by atoms with Crippen LogP contribution in [0, 0.1) is 5.92 Å². The Bertz CT molecular complexity index is 1050. The first-order valence-electron chi connectivity index (χ1n) is 13.5. The molecule has 3 heterocycles. The maximum absolute atomic E-state index is 13.2. The number of carbonyl (C=O) groups is 2. The number of carbonyl (C=O) groups excluding carboxylic acids is 2. The van der Waals surface area contributed by atoms with Crippen LogP contribution in [0.4, 0.5) is 5.82 Å². The molecular weight excluding hydrogens is 484 g/mol. The van der Waals surface area contributed by atoms with Gasteiger partial charge in [0.2, 0.25) is 11.8 Å². The molecule has 10 nitrogen and oxygen atoms in total. The molecule has 1 aromatic heterocycles. The number of anilines is 1. The van der Waals surface area contributed by atoms with E-state index in [-0.39, 0.29) is 24.3 Å². The number of morpholine rings is 1. The summed E-state index contributed by atoms with van der Waals surface area (Å²) >= 11 is 0. The van der Waals surface area contributed by atoms with Gasteiger partial charge >= 0.3 is 0 Å². The second kappa shape index (κ2) is 13.5. The summed E-state index contributed by atoms with van der Waals surface area (Å²) in [5.74, 6) is 1.88. The lowest BCUT2D eigenvalue weighted by Crippen LogP contribution is -2.53. The Labute approximate surface area is 225 Å². The van der Waals surface area contributed by atoms with E-state index >= 15 is 0 Å². The van der Waals surface area contributed by atoms with Gasteiger partial charge in [-0.05, 0) is 30.2 Å². The number of rotatable bonds is 10. The second-order valence-corrected chi connectivity index (χ2v) is 10.2. The molecule has 0 radical (unpaired) electrons. The Morgan fingerprint density at radius 3 is 2.45 bits per heavy atom. The number of benzene rings is 1. The largest absolute Gasteiger partial charge is 0.497 e. The molecule has 0 aliphatic carbocycles. The summed E-state index contributed by atoms with van der Waals surface area (Å²) < 4.78 is 10.7. The molecule has 2 fully saturated rings. The minimum absolute atomic E-state index is 0.00295. The van der Waals surface area contributed by atoms with E-state index in [2.05, 4.69) is 20.0 Å². The van der Waals surface area contributed by atoms with Crippen LogP contribution in [-0.4, -0.2) is 116 Å². The molecule has 2 amide bonds. The minimum Gasteiger partial charge on any atom is -0.497 e. The van der Waals surface area contributed by atoms with Gasteiger partial charge in [0.05, 0.1) is 32.6 Å². The highest BCUT2D eigenvalue weighted by Gasteiger charge is 2.26. The van der Waals surface area contributed by atoms with E-state index in [9.17, 15) is 9.59 Å². The second-order valence-electron chi connectivity index (χ2n) is 10.2. The predicted molar refractivity (Wildman–Crippen MR) is 146 cm³/mol. The van der Waals surface area contributed by atoms with Gasteiger partial charge in [0, 0.05) is 64.3 Å². The van der Waals surface area contributed by atoms with E-state index in [1.54, 1.807) is 12.0 Å². The van der Waals surface area contributed by atoms with Crippen molar-refractivity contribution in [3.05, 3.63) is 36.4 Å². The van der Waals surface area contributed by atoms with Crippen molar-refractivity contribution in [2.24, 2.45) is 5.92 Å². The van der Waals surface area contributed by atoms with Crippen molar-refractivity contribution in [1.29, 1.82) is 0 Å². The van der Waals surface area contributed by atoms with Crippen molar-refractivity contribution in [3.8, 4) is 17.0 Å². The maximum atomic E-state index is 13.2. The highest BCUT2D eigenvalue weighted by atomic mass is 16.5. The van der Waals surface area contributed by atoms with E-state index in [0.29, 0.717) is 39.1 Å². The molecule has 2 aromatic rings. The van der Waals surface area contributed by atoms with Crippen LogP contribution in [0.15, 0.2) is 36.4 Å². The van der Waals surface area contributed by atoms with Crippen LogP contribution in [0.2, 0.25) is 0 Å². The smallest absolute Gasteiger partial charge is 0.242 e. The lowest BCUT2D eigenvalue weighted by Gasteiger charge is -2.36. The number of hydrogen-bond acceptors (Lipinski definition) is 8. The molecule has 0 bridgehead atoms. The molecular formula is C28H40N6O4. The highest BCUT2D eigenvalue weighted by Crippen LogP contribution is 2.23. The molecule has 0 N–H and O–H groups in total. The molecule has 206 valence electrons. The van der Waals surface area contributed by atoms with E-state index < -0.39 is 0 Å². The van der Waals surface area contributed by atoms with Gasteiger partial charge in [-0.2, -0.15) is 0 Å². The zero-order valence-electron chi connectivity index (χ0n) is 22.8. The van der Waals surface area contributed by atoms with Crippen molar-refractivity contribution >= 4 is 17.6 Å². The number of aromatic nitrogens is 2. The number of hydrogen-bond donors (Lipinski definition) is 0.